The third-order valence-corrected chi connectivity index (χ3v) is 3.33. The summed E-state index contributed by atoms with van der Waals surface area (Å²) in [6, 6.07) is 4.54. The van der Waals surface area contributed by atoms with E-state index in [4.69, 9.17) is 15.2 Å². The van der Waals surface area contributed by atoms with Crippen LogP contribution in [0.5, 0.6) is 5.75 Å². The standard InChI is InChI=1S/C15H23FN2O2/c1-11(17)7-12-8-13(16)3-4-15(12)20-10-14-9-18(2)5-6-19-14/h3-4,8,11,14H,5-7,9-10,17H2,1-2H3. The Bertz CT molecular complexity index is 440. The van der Waals surface area contributed by atoms with Crippen molar-refractivity contribution in [3.05, 3.63) is 29.6 Å². The third-order valence-electron chi connectivity index (χ3n) is 3.33. The summed E-state index contributed by atoms with van der Waals surface area (Å²) in [5, 5.41) is 0. The quantitative estimate of drug-likeness (QED) is 0.887. The maximum Gasteiger partial charge on any atom is 0.123 e. The topological polar surface area (TPSA) is 47.7 Å². The summed E-state index contributed by atoms with van der Waals surface area (Å²) in [5.41, 5.74) is 6.60. The van der Waals surface area contributed by atoms with E-state index >= 15 is 0 Å². The number of ether oxygens (including phenoxy) is 2. The van der Waals surface area contributed by atoms with Crippen LogP contribution in [0.1, 0.15) is 12.5 Å². The van der Waals surface area contributed by atoms with E-state index in [1.54, 1.807) is 6.07 Å². The zero-order valence-electron chi connectivity index (χ0n) is 12.1. The molecule has 112 valence electrons. The van der Waals surface area contributed by atoms with E-state index in [2.05, 4.69) is 11.9 Å². The highest BCUT2D eigenvalue weighted by Gasteiger charge is 2.19. The van der Waals surface area contributed by atoms with Gasteiger partial charge in [0.2, 0.25) is 0 Å². The number of benzene rings is 1. The van der Waals surface area contributed by atoms with E-state index in [0.717, 1.165) is 25.3 Å². The van der Waals surface area contributed by atoms with Crippen LogP contribution in [-0.4, -0.2) is 50.4 Å². The molecule has 2 atom stereocenters. The molecule has 20 heavy (non-hydrogen) atoms. The molecular formula is C15H23FN2O2. The van der Waals surface area contributed by atoms with Crippen molar-refractivity contribution in [3.63, 3.8) is 0 Å². The first kappa shape index (κ1) is 15.2. The molecule has 5 heteroatoms. The molecule has 1 heterocycles. The van der Waals surface area contributed by atoms with Crippen molar-refractivity contribution >= 4 is 0 Å². The second-order valence-electron chi connectivity index (χ2n) is 5.50. The number of nitrogens with zero attached hydrogens (tertiary/aromatic N) is 1. The Morgan fingerprint density at radius 1 is 1.55 bits per heavy atom. The average molecular weight is 282 g/mol. The van der Waals surface area contributed by atoms with Gasteiger partial charge >= 0.3 is 0 Å². The Balaban J connectivity index is 1.97. The summed E-state index contributed by atoms with van der Waals surface area (Å²) in [7, 11) is 2.06. The van der Waals surface area contributed by atoms with Gasteiger partial charge in [0.1, 0.15) is 24.3 Å². The first-order valence-electron chi connectivity index (χ1n) is 7.01. The van der Waals surface area contributed by atoms with Crippen molar-refractivity contribution in [1.29, 1.82) is 0 Å². The van der Waals surface area contributed by atoms with Crippen molar-refractivity contribution < 1.29 is 13.9 Å². The molecule has 1 saturated heterocycles. The average Bonchev–Trinajstić information content (AvgIpc) is 2.37. The highest BCUT2D eigenvalue weighted by molar-refractivity contribution is 5.34. The van der Waals surface area contributed by atoms with Crippen LogP contribution < -0.4 is 10.5 Å². The van der Waals surface area contributed by atoms with Crippen molar-refractivity contribution in [2.24, 2.45) is 5.73 Å². The second kappa shape index (κ2) is 7.02. The number of halogens is 1. The number of rotatable bonds is 5. The van der Waals surface area contributed by atoms with Gasteiger partial charge in [-0.15, -0.1) is 0 Å². The lowest BCUT2D eigenvalue weighted by Gasteiger charge is -2.30. The second-order valence-corrected chi connectivity index (χ2v) is 5.50. The molecule has 0 aromatic heterocycles. The fraction of sp³-hybridized carbons (Fsp3) is 0.600. The van der Waals surface area contributed by atoms with E-state index in [1.807, 2.05) is 6.92 Å². The van der Waals surface area contributed by atoms with E-state index in [0.29, 0.717) is 18.8 Å². The van der Waals surface area contributed by atoms with Crippen LogP contribution in [0.15, 0.2) is 18.2 Å². The number of nitrogens with two attached hydrogens (primary N) is 1. The van der Waals surface area contributed by atoms with Gasteiger partial charge in [-0.1, -0.05) is 0 Å². The normalized spacial score (nSPS) is 21.7. The zero-order chi connectivity index (χ0) is 14.5. The van der Waals surface area contributed by atoms with E-state index < -0.39 is 0 Å². The maximum atomic E-state index is 13.3. The highest BCUT2D eigenvalue weighted by atomic mass is 19.1. The van der Waals surface area contributed by atoms with E-state index in [-0.39, 0.29) is 18.0 Å². The summed E-state index contributed by atoms with van der Waals surface area (Å²) in [6.07, 6.45) is 0.653. The van der Waals surface area contributed by atoms with Crippen LogP contribution in [0.4, 0.5) is 4.39 Å². The number of morpholine rings is 1. The first-order chi connectivity index (χ1) is 9.54. The fourth-order valence-electron chi connectivity index (χ4n) is 2.35. The molecule has 2 rings (SSSR count). The maximum absolute atomic E-state index is 13.3. The largest absolute Gasteiger partial charge is 0.491 e. The smallest absolute Gasteiger partial charge is 0.123 e. The minimum Gasteiger partial charge on any atom is -0.491 e. The minimum absolute atomic E-state index is 0.0313. The van der Waals surface area contributed by atoms with E-state index in [9.17, 15) is 4.39 Å². The van der Waals surface area contributed by atoms with Crippen LogP contribution in [-0.2, 0) is 11.2 Å². The van der Waals surface area contributed by atoms with Crippen molar-refractivity contribution in [3.8, 4) is 5.75 Å². The summed E-state index contributed by atoms with van der Waals surface area (Å²) in [4.78, 5) is 2.21. The zero-order valence-corrected chi connectivity index (χ0v) is 12.1. The van der Waals surface area contributed by atoms with Gasteiger partial charge in [0.25, 0.3) is 0 Å². The van der Waals surface area contributed by atoms with Crippen LogP contribution in [0.3, 0.4) is 0 Å². The predicted molar refractivity (Wildman–Crippen MR) is 76.5 cm³/mol. The van der Waals surface area contributed by atoms with Gasteiger partial charge in [0.05, 0.1) is 6.61 Å². The molecule has 0 bridgehead atoms. The Kier molecular flexibility index (Phi) is 5.34. The summed E-state index contributed by atoms with van der Waals surface area (Å²) in [6.45, 7) is 4.89. The van der Waals surface area contributed by atoms with Gasteiger partial charge in [-0.3, -0.25) is 0 Å². The van der Waals surface area contributed by atoms with Gasteiger partial charge in [-0.05, 0) is 44.2 Å². The molecular weight excluding hydrogens is 259 g/mol. The van der Waals surface area contributed by atoms with Gasteiger partial charge in [-0.2, -0.15) is 0 Å². The monoisotopic (exact) mass is 282 g/mol. The Morgan fingerprint density at radius 3 is 3.05 bits per heavy atom. The lowest BCUT2D eigenvalue weighted by molar-refractivity contribution is -0.0404. The van der Waals surface area contributed by atoms with Crippen molar-refractivity contribution in [2.75, 3.05) is 33.4 Å². The number of hydrogen-bond acceptors (Lipinski definition) is 4. The summed E-state index contributed by atoms with van der Waals surface area (Å²) in [5.74, 6) is 0.433. The molecule has 0 spiro atoms. The molecule has 1 aromatic carbocycles. The van der Waals surface area contributed by atoms with Gasteiger partial charge in [-0.25, -0.2) is 4.39 Å². The molecule has 0 amide bonds. The molecule has 1 aromatic rings. The Labute approximate surface area is 119 Å². The summed E-state index contributed by atoms with van der Waals surface area (Å²) < 4.78 is 24.8. The lowest BCUT2D eigenvalue weighted by Crippen LogP contribution is -2.42. The van der Waals surface area contributed by atoms with Crippen LogP contribution >= 0.6 is 0 Å². The molecule has 0 radical (unpaired) electrons. The van der Waals surface area contributed by atoms with E-state index in [1.165, 1.54) is 12.1 Å². The van der Waals surface area contributed by atoms with Crippen LogP contribution in [0.2, 0.25) is 0 Å². The van der Waals surface area contributed by atoms with Crippen molar-refractivity contribution in [2.45, 2.75) is 25.5 Å². The first-order valence-corrected chi connectivity index (χ1v) is 7.01. The molecule has 1 aliphatic heterocycles. The van der Waals surface area contributed by atoms with Crippen LogP contribution in [0, 0.1) is 5.82 Å². The fourth-order valence-corrected chi connectivity index (χ4v) is 2.35. The highest BCUT2D eigenvalue weighted by Crippen LogP contribution is 2.21. The van der Waals surface area contributed by atoms with Crippen molar-refractivity contribution in [1.82, 2.24) is 4.90 Å². The van der Waals surface area contributed by atoms with Gasteiger partial charge in [0.15, 0.2) is 0 Å². The predicted octanol–water partition coefficient (Wildman–Crippen LogP) is 1.42. The molecule has 0 saturated carbocycles. The third kappa shape index (κ3) is 4.44. The molecule has 4 nitrogen and oxygen atoms in total. The van der Waals surface area contributed by atoms with Crippen LogP contribution in [0.25, 0.3) is 0 Å². The Morgan fingerprint density at radius 2 is 2.35 bits per heavy atom. The molecule has 2 N–H and O–H groups in total. The minimum atomic E-state index is -0.262. The molecule has 1 fully saturated rings. The van der Waals surface area contributed by atoms with Gasteiger partial charge in [0, 0.05) is 19.1 Å². The Hall–Kier alpha value is -1.17. The molecule has 0 aliphatic carbocycles. The lowest BCUT2D eigenvalue weighted by atomic mass is 10.1. The summed E-state index contributed by atoms with van der Waals surface area (Å²) >= 11 is 0. The number of likely N-dealkylation sites (N-methyl/N-ethyl adjacent to an activating group) is 1. The molecule has 2 unspecified atom stereocenters. The van der Waals surface area contributed by atoms with Gasteiger partial charge < -0.3 is 20.1 Å². The number of hydrogen-bond donors (Lipinski definition) is 1. The SMILES string of the molecule is CC(N)Cc1cc(F)ccc1OCC1CN(C)CCO1. The molecule has 1 aliphatic rings.